The van der Waals surface area contributed by atoms with Crippen LogP contribution in [-0.4, -0.2) is 68.6 Å². The molecule has 4 heterocycles. The van der Waals surface area contributed by atoms with Gasteiger partial charge in [0.05, 0.1) is 11.6 Å². The van der Waals surface area contributed by atoms with Gasteiger partial charge in [0.25, 0.3) is 5.56 Å². The number of nitrogens with zero attached hydrogens (tertiary/aromatic N) is 5. The van der Waals surface area contributed by atoms with Gasteiger partial charge in [-0.05, 0) is 24.6 Å². The Labute approximate surface area is 198 Å². The van der Waals surface area contributed by atoms with E-state index in [-0.39, 0.29) is 29.7 Å². The van der Waals surface area contributed by atoms with Crippen molar-refractivity contribution in [2.24, 2.45) is 5.92 Å². The van der Waals surface area contributed by atoms with E-state index in [4.69, 9.17) is 0 Å². The molecular weight excluding hydrogens is 430 g/mol. The topological polar surface area (TPSA) is 78.2 Å². The Morgan fingerprint density at radius 3 is 2.53 bits per heavy atom. The molecule has 2 aliphatic heterocycles. The number of amides is 2. The Bertz CT molecular complexity index is 1260. The van der Waals surface area contributed by atoms with Crippen molar-refractivity contribution < 1.29 is 9.59 Å². The van der Waals surface area contributed by atoms with Crippen molar-refractivity contribution in [1.82, 2.24) is 24.1 Å². The number of rotatable bonds is 5. The minimum atomic E-state index is -0.272. The maximum atomic E-state index is 13.1. The SMILES string of the molecule is Cc1ccc(CN2CC(C(=O)N3CCN(Cc4cc(=O)n5ccccc5n4)CC3)CC2=O)cc1. The van der Waals surface area contributed by atoms with Crippen LogP contribution < -0.4 is 5.56 Å². The van der Waals surface area contributed by atoms with Crippen LogP contribution in [0.1, 0.15) is 23.2 Å². The second-order valence-corrected chi connectivity index (χ2v) is 9.28. The molecule has 0 saturated carbocycles. The molecule has 1 aromatic carbocycles. The minimum Gasteiger partial charge on any atom is -0.340 e. The lowest BCUT2D eigenvalue weighted by molar-refractivity contribution is -0.137. The van der Waals surface area contributed by atoms with Crippen molar-refractivity contribution in [2.45, 2.75) is 26.4 Å². The van der Waals surface area contributed by atoms with Crippen LogP contribution in [0.15, 0.2) is 59.5 Å². The fraction of sp³-hybridized carbons (Fsp3) is 0.385. The summed E-state index contributed by atoms with van der Waals surface area (Å²) in [5.41, 5.74) is 3.56. The number of piperazine rings is 1. The van der Waals surface area contributed by atoms with Crippen LogP contribution in [0.5, 0.6) is 0 Å². The molecule has 2 amide bonds. The first-order chi connectivity index (χ1) is 16.5. The highest BCUT2D eigenvalue weighted by molar-refractivity contribution is 5.89. The number of hydrogen-bond acceptors (Lipinski definition) is 5. The Kier molecular flexibility index (Phi) is 6.15. The smallest absolute Gasteiger partial charge is 0.258 e. The number of pyridine rings is 1. The summed E-state index contributed by atoms with van der Waals surface area (Å²) in [4.78, 5) is 48.5. The van der Waals surface area contributed by atoms with Crippen LogP contribution in [0.25, 0.3) is 5.65 Å². The Balaban J connectivity index is 1.15. The van der Waals surface area contributed by atoms with Crippen molar-refractivity contribution in [3.63, 3.8) is 0 Å². The molecule has 0 bridgehead atoms. The predicted octanol–water partition coefficient (Wildman–Crippen LogP) is 1.70. The van der Waals surface area contributed by atoms with Gasteiger partial charge in [-0.2, -0.15) is 0 Å². The van der Waals surface area contributed by atoms with E-state index in [0.717, 1.165) is 24.3 Å². The normalized spacial score (nSPS) is 19.2. The number of carbonyl (C=O) groups is 2. The fourth-order valence-electron chi connectivity index (χ4n) is 4.80. The van der Waals surface area contributed by atoms with Gasteiger partial charge in [0.1, 0.15) is 5.65 Å². The first kappa shape index (κ1) is 22.3. The van der Waals surface area contributed by atoms with Gasteiger partial charge in [-0.15, -0.1) is 0 Å². The summed E-state index contributed by atoms with van der Waals surface area (Å²) < 4.78 is 1.53. The van der Waals surface area contributed by atoms with E-state index >= 15 is 0 Å². The third kappa shape index (κ3) is 4.72. The van der Waals surface area contributed by atoms with Gasteiger partial charge in [-0.25, -0.2) is 4.98 Å². The number of aryl methyl sites for hydroxylation is 1. The molecule has 0 aliphatic carbocycles. The lowest BCUT2D eigenvalue weighted by atomic mass is 10.1. The molecule has 8 nitrogen and oxygen atoms in total. The van der Waals surface area contributed by atoms with E-state index in [9.17, 15) is 14.4 Å². The second kappa shape index (κ2) is 9.38. The first-order valence-electron chi connectivity index (χ1n) is 11.8. The van der Waals surface area contributed by atoms with Crippen molar-refractivity contribution in [3.05, 3.63) is 81.9 Å². The van der Waals surface area contributed by atoms with Crippen molar-refractivity contribution in [2.75, 3.05) is 32.7 Å². The third-order valence-corrected chi connectivity index (χ3v) is 6.75. The van der Waals surface area contributed by atoms with Crippen molar-refractivity contribution in [3.8, 4) is 0 Å². The summed E-state index contributed by atoms with van der Waals surface area (Å²) in [5, 5.41) is 0. The molecule has 2 saturated heterocycles. The molecule has 3 aromatic rings. The molecule has 2 fully saturated rings. The van der Waals surface area contributed by atoms with E-state index in [1.165, 1.54) is 9.96 Å². The molecule has 2 aliphatic rings. The molecule has 1 unspecified atom stereocenters. The Morgan fingerprint density at radius 2 is 1.76 bits per heavy atom. The maximum absolute atomic E-state index is 13.1. The summed E-state index contributed by atoms with van der Waals surface area (Å²) in [5.74, 6) is -0.153. The second-order valence-electron chi connectivity index (χ2n) is 9.28. The zero-order chi connectivity index (χ0) is 23.7. The lowest BCUT2D eigenvalue weighted by Gasteiger charge is -2.35. The number of benzene rings is 1. The van der Waals surface area contributed by atoms with Crippen molar-refractivity contribution in [1.29, 1.82) is 0 Å². The van der Waals surface area contributed by atoms with Crippen LogP contribution in [0.4, 0.5) is 0 Å². The molecule has 2 aromatic heterocycles. The molecule has 34 heavy (non-hydrogen) atoms. The van der Waals surface area contributed by atoms with Crippen molar-refractivity contribution >= 4 is 17.5 Å². The van der Waals surface area contributed by atoms with Crippen LogP contribution >= 0.6 is 0 Å². The highest BCUT2D eigenvalue weighted by Crippen LogP contribution is 2.23. The van der Waals surface area contributed by atoms with E-state index in [2.05, 4.69) is 9.88 Å². The van der Waals surface area contributed by atoms with Gasteiger partial charge in [0, 0.05) is 64.5 Å². The monoisotopic (exact) mass is 459 g/mol. The lowest BCUT2D eigenvalue weighted by Crippen LogP contribution is -2.50. The van der Waals surface area contributed by atoms with Crippen LogP contribution in [0.2, 0.25) is 0 Å². The number of likely N-dealkylation sites (tertiary alicyclic amines) is 1. The summed E-state index contributed by atoms with van der Waals surface area (Å²) in [6, 6.07) is 15.2. The molecule has 1 atom stereocenters. The highest BCUT2D eigenvalue weighted by Gasteiger charge is 2.37. The molecule has 0 N–H and O–H groups in total. The van der Waals surface area contributed by atoms with Crippen LogP contribution in [-0.2, 0) is 22.7 Å². The first-order valence-corrected chi connectivity index (χ1v) is 11.8. The largest absolute Gasteiger partial charge is 0.340 e. The highest BCUT2D eigenvalue weighted by atomic mass is 16.2. The molecule has 5 rings (SSSR count). The number of fused-ring (bicyclic) bond motifs is 1. The van der Waals surface area contributed by atoms with E-state index in [0.29, 0.717) is 38.4 Å². The predicted molar refractivity (Wildman–Crippen MR) is 128 cm³/mol. The van der Waals surface area contributed by atoms with E-state index in [1.807, 2.05) is 54.3 Å². The molecular formula is C26H29N5O3. The Morgan fingerprint density at radius 1 is 1.00 bits per heavy atom. The number of carbonyl (C=O) groups excluding carboxylic acids is 2. The Hall–Kier alpha value is -3.52. The maximum Gasteiger partial charge on any atom is 0.258 e. The average Bonchev–Trinajstić information content (AvgIpc) is 3.20. The van der Waals surface area contributed by atoms with Gasteiger partial charge >= 0.3 is 0 Å². The number of aromatic nitrogens is 2. The van der Waals surface area contributed by atoms with Gasteiger partial charge in [0.15, 0.2) is 0 Å². The molecule has 0 spiro atoms. The zero-order valence-electron chi connectivity index (χ0n) is 19.4. The molecule has 8 heteroatoms. The summed E-state index contributed by atoms with van der Waals surface area (Å²) in [6.07, 6.45) is 2.00. The molecule has 0 radical (unpaired) electrons. The summed E-state index contributed by atoms with van der Waals surface area (Å²) >= 11 is 0. The standard InChI is InChI=1S/C26H29N5O3/c1-19-5-7-20(8-6-19)16-30-17-21(14-24(30)32)26(34)29-12-10-28(11-13-29)18-22-15-25(33)31-9-3-2-4-23(31)27-22/h2-9,15,21H,10-14,16-18H2,1H3. The van der Waals surface area contributed by atoms with Gasteiger partial charge in [-0.1, -0.05) is 35.9 Å². The summed E-state index contributed by atoms with van der Waals surface area (Å²) in [6.45, 7) is 6.32. The van der Waals surface area contributed by atoms with Crippen LogP contribution in [0.3, 0.4) is 0 Å². The molecule has 176 valence electrons. The zero-order valence-corrected chi connectivity index (χ0v) is 19.4. The van der Waals surface area contributed by atoms with Gasteiger partial charge in [0.2, 0.25) is 11.8 Å². The minimum absolute atomic E-state index is 0.0474. The average molecular weight is 460 g/mol. The summed E-state index contributed by atoms with van der Waals surface area (Å²) in [7, 11) is 0. The fourth-order valence-corrected chi connectivity index (χ4v) is 4.80. The number of hydrogen-bond donors (Lipinski definition) is 0. The quantitative estimate of drug-likeness (QED) is 0.580. The van der Waals surface area contributed by atoms with E-state index in [1.54, 1.807) is 17.2 Å². The van der Waals surface area contributed by atoms with Crippen LogP contribution in [0, 0.1) is 12.8 Å². The van der Waals surface area contributed by atoms with Gasteiger partial charge < -0.3 is 9.80 Å². The third-order valence-electron chi connectivity index (χ3n) is 6.75. The van der Waals surface area contributed by atoms with Gasteiger partial charge in [-0.3, -0.25) is 23.7 Å². The van der Waals surface area contributed by atoms with E-state index < -0.39 is 0 Å².